The number of methoxy groups -OCH3 is 1. The molecule has 23 heavy (non-hydrogen) atoms. The minimum Gasteiger partial charge on any atom is -0.468 e. The zero-order valence-electron chi connectivity index (χ0n) is 13.0. The van der Waals surface area contributed by atoms with E-state index >= 15 is 0 Å². The van der Waals surface area contributed by atoms with Gasteiger partial charge in [0.2, 0.25) is 10.0 Å². The van der Waals surface area contributed by atoms with E-state index in [1.165, 1.54) is 13.4 Å². The predicted octanol–water partition coefficient (Wildman–Crippen LogP) is 0.0382. The maximum Gasteiger partial charge on any atom is 0.324 e. The molecule has 0 spiro atoms. The summed E-state index contributed by atoms with van der Waals surface area (Å²) < 4.78 is 32.1. The number of rotatable bonds is 3. The first-order chi connectivity index (χ1) is 10.9. The van der Waals surface area contributed by atoms with Gasteiger partial charge in [-0.2, -0.15) is 9.40 Å². The highest BCUT2D eigenvalue weighted by molar-refractivity contribution is 7.89. The summed E-state index contributed by atoms with van der Waals surface area (Å²) in [6, 6.07) is -0.950. The highest BCUT2D eigenvalue weighted by atomic mass is 32.2. The third-order valence-corrected chi connectivity index (χ3v) is 6.07. The van der Waals surface area contributed by atoms with Gasteiger partial charge in [-0.05, 0) is 13.8 Å². The smallest absolute Gasteiger partial charge is 0.324 e. The van der Waals surface area contributed by atoms with E-state index in [1.807, 2.05) is 0 Å². The lowest BCUT2D eigenvalue weighted by Gasteiger charge is -2.32. The monoisotopic (exact) mass is 339 g/mol. The Bertz CT molecular complexity index is 834. The van der Waals surface area contributed by atoms with Crippen LogP contribution in [-0.2, 0) is 32.5 Å². The first-order valence-corrected chi connectivity index (χ1v) is 8.42. The third kappa shape index (κ3) is 2.43. The fourth-order valence-electron chi connectivity index (χ4n) is 2.84. The van der Waals surface area contributed by atoms with Crippen molar-refractivity contribution in [2.75, 3.05) is 7.11 Å². The molecule has 3 rings (SSSR count). The van der Waals surface area contributed by atoms with Crippen LogP contribution in [0.3, 0.4) is 0 Å². The number of carbonyl (C=O) groups is 1. The van der Waals surface area contributed by atoms with Gasteiger partial charge in [0.05, 0.1) is 42.8 Å². The summed E-state index contributed by atoms with van der Waals surface area (Å²) >= 11 is 0. The van der Waals surface area contributed by atoms with Crippen molar-refractivity contribution in [3.8, 4) is 0 Å². The Labute approximate surface area is 133 Å². The van der Waals surface area contributed by atoms with Gasteiger partial charge in [-0.1, -0.05) is 0 Å². The molecule has 0 fully saturated rings. The molecule has 0 saturated heterocycles. The number of nitrogens with one attached hydrogen (secondary N) is 2. The lowest BCUT2D eigenvalue weighted by Crippen LogP contribution is -2.49. The molecule has 0 aromatic carbocycles. The molecule has 9 nitrogen and oxygen atoms in total. The van der Waals surface area contributed by atoms with Gasteiger partial charge in [-0.15, -0.1) is 0 Å². The van der Waals surface area contributed by atoms with Crippen LogP contribution in [0.25, 0.3) is 0 Å². The normalized spacial score (nSPS) is 18.7. The van der Waals surface area contributed by atoms with Crippen LogP contribution < -0.4 is 0 Å². The second-order valence-corrected chi connectivity index (χ2v) is 7.21. The highest BCUT2D eigenvalue weighted by Gasteiger charge is 2.42. The van der Waals surface area contributed by atoms with Gasteiger partial charge in [-0.3, -0.25) is 9.89 Å². The van der Waals surface area contributed by atoms with Crippen molar-refractivity contribution >= 4 is 16.0 Å². The molecule has 1 aliphatic rings. The number of ether oxygens (including phenoxy) is 1. The first-order valence-electron chi connectivity index (χ1n) is 6.98. The summed E-state index contributed by atoms with van der Waals surface area (Å²) in [5, 5.41) is 6.60. The molecule has 0 amide bonds. The molecular formula is C13H17N5O4S. The summed E-state index contributed by atoms with van der Waals surface area (Å²) in [5.41, 5.74) is 2.14. The van der Waals surface area contributed by atoms with Gasteiger partial charge >= 0.3 is 5.97 Å². The number of sulfonamides is 1. The molecule has 10 heteroatoms. The molecule has 1 unspecified atom stereocenters. The van der Waals surface area contributed by atoms with Crippen LogP contribution in [0.5, 0.6) is 0 Å². The summed E-state index contributed by atoms with van der Waals surface area (Å²) in [6.45, 7) is 3.27. The molecule has 3 heterocycles. The van der Waals surface area contributed by atoms with Crippen LogP contribution in [0.4, 0.5) is 0 Å². The fraction of sp³-hybridized carbons (Fsp3) is 0.462. The molecule has 0 aliphatic carbocycles. The largest absolute Gasteiger partial charge is 0.468 e. The molecule has 2 N–H and O–H groups in total. The number of aromatic nitrogens is 4. The van der Waals surface area contributed by atoms with Crippen molar-refractivity contribution in [1.29, 1.82) is 0 Å². The minimum absolute atomic E-state index is 0.0293. The van der Waals surface area contributed by atoms with Crippen molar-refractivity contribution in [2.24, 2.45) is 0 Å². The molecular weight excluding hydrogens is 322 g/mol. The number of imidazole rings is 1. The summed E-state index contributed by atoms with van der Waals surface area (Å²) in [4.78, 5) is 19.3. The van der Waals surface area contributed by atoms with Gasteiger partial charge in [0.1, 0.15) is 10.9 Å². The van der Waals surface area contributed by atoms with E-state index < -0.39 is 22.0 Å². The maximum atomic E-state index is 13.1. The lowest BCUT2D eigenvalue weighted by molar-refractivity contribution is -0.145. The van der Waals surface area contributed by atoms with Crippen LogP contribution in [0, 0.1) is 13.8 Å². The van der Waals surface area contributed by atoms with Crippen molar-refractivity contribution < 1.29 is 17.9 Å². The number of aromatic amines is 2. The average molecular weight is 339 g/mol. The molecule has 1 aliphatic heterocycles. The number of hydrogen-bond acceptors (Lipinski definition) is 6. The Morgan fingerprint density at radius 2 is 2.17 bits per heavy atom. The summed E-state index contributed by atoms with van der Waals surface area (Å²) in [7, 11) is -2.68. The van der Waals surface area contributed by atoms with Crippen LogP contribution >= 0.6 is 0 Å². The van der Waals surface area contributed by atoms with Crippen molar-refractivity contribution in [2.45, 2.75) is 37.8 Å². The summed E-state index contributed by atoms with van der Waals surface area (Å²) in [6.07, 6.45) is 1.66. The summed E-state index contributed by atoms with van der Waals surface area (Å²) in [5.74, 6) is -0.610. The maximum absolute atomic E-state index is 13.1. The zero-order valence-corrected chi connectivity index (χ0v) is 13.8. The van der Waals surface area contributed by atoms with Crippen LogP contribution in [-0.4, -0.2) is 52.0 Å². The second kappa shape index (κ2) is 5.46. The van der Waals surface area contributed by atoms with E-state index in [4.69, 9.17) is 4.74 Å². The van der Waals surface area contributed by atoms with Gasteiger partial charge in [0.15, 0.2) is 0 Å². The Balaban J connectivity index is 2.10. The van der Waals surface area contributed by atoms with Crippen molar-refractivity contribution in [3.05, 3.63) is 29.1 Å². The number of aryl methyl sites for hydroxylation is 2. The first kappa shape index (κ1) is 15.7. The van der Waals surface area contributed by atoms with E-state index in [2.05, 4.69) is 20.2 Å². The van der Waals surface area contributed by atoms with Crippen LogP contribution in [0.2, 0.25) is 0 Å². The Morgan fingerprint density at radius 1 is 1.43 bits per heavy atom. The van der Waals surface area contributed by atoms with E-state index in [-0.39, 0.29) is 17.9 Å². The molecule has 2 aromatic rings. The standard InChI is InChI=1S/C13H17N5O4S/c1-7-12(8(2)17-16-7)23(20,21)18-5-10-9(14-6-15-10)4-11(18)13(19)22-3/h6,11H,4-5H2,1-3H3,(H,14,15)(H,16,17). The quantitative estimate of drug-likeness (QED) is 0.762. The van der Waals surface area contributed by atoms with Gasteiger partial charge in [0, 0.05) is 6.42 Å². The van der Waals surface area contributed by atoms with E-state index in [0.717, 1.165) is 4.31 Å². The van der Waals surface area contributed by atoms with E-state index in [9.17, 15) is 13.2 Å². The number of hydrogen-bond donors (Lipinski definition) is 2. The van der Waals surface area contributed by atoms with Crippen molar-refractivity contribution in [3.63, 3.8) is 0 Å². The number of carbonyl (C=O) groups excluding carboxylic acids is 1. The predicted molar refractivity (Wildman–Crippen MR) is 78.9 cm³/mol. The number of nitrogens with zero attached hydrogens (tertiary/aromatic N) is 3. The Kier molecular flexibility index (Phi) is 3.72. The van der Waals surface area contributed by atoms with Crippen LogP contribution in [0.15, 0.2) is 11.2 Å². The number of H-pyrrole nitrogens is 2. The zero-order chi connectivity index (χ0) is 16.8. The lowest BCUT2D eigenvalue weighted by atomic mass is 10.1. The van der Waals surface area contributed by atoms with Crippen LogP contribution in [0.1, 0.15) is 22.8 Å². The Hall–Kier alpha value is -2.20. The molecule has 2 aromatic heterocycles. The van der Waals surface area contributed by atoms with E-state index in [1.54, 1.807) is 13.8 Å². The Morgan fingerprint density at radius 3 is 2.78 bits per heavy atom. The SMILES string of the molecule is COC(=O)C1Cc2nc[nH]c2CN1S(=O)(=O)c1c(C)n[nH]c1C. The fourth-order valence-corrected chi connectivity index (χ4v) is 4.72. The highest BCUT2D eigenvalue weighted by Crippen LogP contribution is 2.30. The van der Waals surface area contributed by atoms with Gasteiger partial charge < -0.3 is 9.72 Å². The minimum atomic E-state index is -3.91. The molecule has 1 atom stereocenters. The molecule has 0 saturated carbocycles. The van der Waals surface area contributed by atoms with Gasteiger partial charge in [-0.25, -0.2) is 13.4 Å². The van der Waals surface area contributed by atoms with Crippen molar-refractivity contribution in [1.82, 2.24) is 24.5 Å². The topological polar surface area (TPSA) is 121 Å². The van der Waals surface area contributed by atoms with Gasteiger partial charge in [0.25, 0.3) is 0 Å². The number of fused-ring (bicyclic) bond motifs is 1. The molecule has 124 valence electrons. The molecule has 0 bridgehead atoms. The third-order valence-electron chi connectivity index (χ3n) is 3.96. The second-order valence-electron chi connectivity index (χ2n) is 5.38. The number of esters is 1. The van der Waals surface area contributed by atoms with E-state index in [0.29, 0.717) is 22.8 Å². The average Bonchev–Trinajstić information content (AvgIpc) is 3.11. The molecule has 0 radical (unpaired) electrons.